The summed E-state index contributed by atoms with van der Waals surface area (Å²) < 4.78 is 0. The van der Waals surface area contributed by atoms with E-state index >= 15 is 0 Å². The van der Waals surface area contributed by atoms with Gasteiger partial charge in [-0.3, -0.25) is 9.59 Å². The van der Waals surface area contributed by atoms with Gasteiger partial charge in [-0.2, -0.15) is 0 Å². The van der Waals surface area contributed by atoms with Gasteiger partial charge in [0.1, 0.15) is 5.78 Å². The van der Waals surface area contributed by atoms with E-state index in [1.54, 1.807) is 0 Å². The average Bonchev–Trinajstić information content (AvgIpc) is 3.73. The summed E-state index contributed by atoms with van der Waals surface area (Å²) in [6.07, 6.45) is 9.90. The van der Waals surface area contributed by atoms with E-state index in [4.69, 9.17) is 5.11 Å². The highest BCUT2D eigenvalue weighted by Crippen LogP contribution is 2.49. The molecule has 2 aromatic rings. The molecule has 1 amide bonds. The number of amides is 1. The van der Waals surface area contributed by atoms with Crippen LogP contribution in [-0.2, 0) is 9.59 Å². The van der Waals surface area contributed by atoms with Crippen LogP contribution in [0.5, 0.6) is 0 Å². The number of ketones is 1. The molecule has 33 heavy (non-hydrogen) atoms. The average molecular weight is 466 g/mol. The molecule has 8 heteroatoms. The number of hydrogen-bond acceptors (Lipinski definition) is 6. The van der Waals surface area contributed by atoms with Gasteiger partial charge < -0.3 is 10.4 Å². The number of carbonyl (C=O) groups excluding carboxylic acids is 2. The van der Waals surface area contributed by atoms with Crippen LogP contribution in [0, 0.1) is 5.92 Å². The van der Waals surface area contributed by atoms with E-state index in [0.29, 0.717) is 25.2 Å². The predicted molar refractivity (Wildman–Crippen MR) is 125 cm³/mol. The number of nitrogens with one attached hydrogen (secondary N) is 1. The minimum Gasteiger partial charge on any atom is -0.476 e. The van der Waals surface area contributed by atoms with Crippen molar-refractivity contribution < 1.29 is 19.5 Å². The van der Waals surface area contributed by atoms with Crippen molar-refractivity contribution in [3.05, 3.63) is 47.4 Å². The first-order chi connectivity index (χ1) is 16.0. The van der Waals surface area contributed by atoms with Crippen LogP contribution in [0.4, 0.5) is 5.82 Å². The van der Waals surface area contributed by atoms with Crippen molar-refractivity contribution in [2.45, 2.75) is 73.3 Å². The van der Waals surface area contributed by atoms with Gasteiger partial charge in [-0.1, -0.05) is 12.1 Å². The van der Waals surface area contributed by atoms with Gasteiger partial charge in [-0.05, 0) is 67.6 Å². The van der Waals surface area contributed by atoms with Crippen LogP contribution in [-0.4, -0.2) is 38.0 Å². The monoisotopic (exact) mass is 465 g/mol. The van der Waals surface area contributed by atoms with E-state index in [0.717, 1.165) is 23.4 Å². The molecule has 7 nitrogen and oxygen atoms in total. The first-order valence-corrected chi connectivity index (χ1v) is 12.5. The third-order valence-electron chi connectivity index (χ3n) is 6.63. The number of carbonyl (C=O) groups is 3. The molecule has 5 rings (SSSR count). The van der Waals surface area contributed by atoms with Gasteiger partial charge >= 0.3 is 5.97 Å². The standard InChI is InChI=1S/C25H27N3O4S/c29-17-5-1-14(9-17)10-20(24(30)28-23-13-26-21(12-27-23)25(31)32)16-4-8-22(33-18-6-7-18)19(11-16)15-2-3-15/h4,8,11-15,18,20H,1-3,5-7,9-10H2,(H,31,32)(H,27,28,30)/t14-,20+/m0/s1. The van der Waals surface area contributed by atoms with Crippen LogP contribution < -0.4 is 5.32 Å². The summed E-state index contributed by atoms with van der Waals surface area (Å²) >= 11 is 1.96. The smallest absolute Gasteiger partial charge is 0.356 e. The third kappa shape index (κ3) is 5.43. The van der Waals surface area contributed by atoms with Gasteiger partial charge in [0.25, 0.3) is 0 Å². The summed E-state index contributed by atoms with van der Waals surface area (Å²) in [5.74, 6) is -0.503. The van der Waals surface area contributed by atoms with E-state index in [1.807, 2.05) is 11.8 Å². The number of aromatic carboxylic acids is 1. The number of carboxylic acid groups (broad SMARTS) is 1. The number of carboxylic acids is 1. The maximum Gasteiger partial charge on any atom is 0.356 e. The number of benzene rings is 1. The number of aromatic nitrogens is 2. The van der Waals surface area contributed by atoms with Crippen molar-refractivity contribution in [1.29, 1.82) is 0 Å². The third-order valence-corrected chi connectivity index (χ3v) is 8.06. The molecule has 0 bridgehead atoms. The molecule has 0 aliphatic heterocycles. The highest BCUT2D eigenvalue weighted by atomic mass is 32.2. The highest BCUT2D eigenvalue weighted by Gasteiger charge is 2.33. The fraction of sp³-hybridized carbons (Fsp3) is 0.480. The van der Waals surface area contributed by atoms with Gasteiger partial charge in [-0.15, -0.1) is 11.8 Å². The number of rotatable bonds is 9. The van der Waals surface area contributed by atoms with Gasteiger partial charge in [-0.25, -0.2) is 14.8 Å². The Labute approximate surface area is 196 Å². The first kappa shape index (κ1) is 22.1. The Morgan fingerprint density at radius 2 is 1.94 bits per heavy atom. The number of anilines is 1. The number of thioether (sulfide) groups is 1. The van der Waals surface area contributed by atoms with Crippen molar-refractivity contribution in [2.75, 3.05) is 5.32 Å². The molecule has 3 saturated carbocycles. The van der Waals surface area contributed by atoms with Crippen LogP contribution in [0.3, 0.4) is 0 Å². The SMILES string of the molecule is O=C1CC[C@H](C[C@@H](C(=O)Nc2cnc(C(=O)O)cn2)c2ccc(SC3CC3)c(C3CC3)c2)C1. The largest absolute Gasteiger partial charge is 0.476 e. The van der Waals surface area contributed by atoms with E-state index in [-0.39, 0.29) is 29.1 Å². The predicted octanol–water partition coefficient (Wildman–Crippen LogP) is 4.79. The highest BCUT2D eigenvalue weighted by molar-refractivity contribution is 8.00. The van der Waals surface area contributed by atoms with Crippen molar-refractivity contribution in [2.24, 2.45) is 5.92 Å². The van der Waals surface area contributed by atoms with Crippen LogP contribution in [0.15, 0.2) is 35.5 Å². The van der Waals surface area contributed by atoms with Crippen LogP contribution in [0.1, 0.15) is 84.8 Å². The number of nitrogens with zero attached hydrogens (tertiary/aromatic N) is 2. The summed E-state index contributed by atoms with van der Waals surface area (Å²) in [6, 6.07) is 6.45. The molecule has 1 aromatic heterocycles. The Morgan fingerprint density at radius 1 is 1.12 bits per heavy atom. The zero-order valence-electron chi connectivity index (χ0n) is 18.3. The van der Waals surface area contributed by atoms with Crippen LogP contribution >= 0.6 is 11.8 Å². The molecule has 172 valence electrons. The summed E-state index contributed by atoms with van der Waals surface area (Å²) in [5.41, 5.74) is 2.16. The van der Waals surface area contributed by atoms with E-state index in [2.05, 4.69) is 33.5 Å². The molecule has 1 aromatic carbocycles. The Kier molecular flexibility index (Phi) is 6.19. The van der Waals surface area contributed by atoms with Crippen molar-refractivity contribution in [3.8, 4) is 0 Å². The van der Waals surface area contributed by atoms with E-state index in [9.17, 15) is 14.4 Å². The minimum atomic E-state index is -1.17. The summed E-state index contributed by atoms with van der Waals surface area (Å²) in [5, 5.41) is 12.6. The van der Waals surface area contributed by atoms with Gasteiger partial charge in [0, 0.05) is 23.0 Å². The van der Waals surface area contributed by atoms with Crippen LogP contribution in [0.2, 0.25) is 0 Å². The molecule has 0 saturated heterocycles. The van der Waals surface area contributed by atoms with E-state index in [1.165, 1.54) is 42.3 Å². The zero-order chi connectivity index (χ0) is 22.9. The molecule has 2 atom stereocenters. The quantitative estimate of drug-likeness (QED) is 0.548. The summed E-state index contributed by atoms with van der Waals surface area (Å²) in [4.78, 5) is 45.5. The first-order valence-electron chi connectivity index (χ1n) is 11.6. The van der Waals surface area contributed by atoms with Gasteiger partial charge in [0.15, 0.2) is 11.5 Å². The molecular weight excluding hydrogens is 438 g/mol. The molecule has 0 spiro atoms. The fourth-order valence-corrected chi connectivity index (χ4v) is 5.75. The molecule has 1 heterocycles. The topological polar surface area (TPSA) is 109 Å². The lowest BCUT2D eigenvalue weighted by Crippen LogP contribution is -2.24. The normalized spacial score (nSPS) is 21.1. The second-order valence-corrected chi connectivity index (χ2v) is 10.7. The Hall–Kier alpha value is -2.74. The van der Waals surface area contributed by atoms with Gasteiger partial charge in [0.2, 0.25) is 5.91 Å². The second-order valence-electron chi connectivity index (χ2n) is 9.41. The molecule has 2 N–H and O–H groups in total. The molecule has 3 fully saturated rings. The molecule has 3 aliphatic rings. The lowest BCUT2D eigenvalue weighted by molar-refractivity contribution is -0.119. The second kappa shape index (κ2) is 9.25. The van der Waals surface area contributed by atoms with E-state index < -0.39 is 11.9 Å². The van der Waals surface area contributed by atoms with Crippen LogP contribution in [0.25, 0.3) is 0 Å². The molecule has 0 radical (unpaired) electrons. The maximum atomic E-state index is 13.4. The summed E-state index contributed by atoms with van der Waals surface area (Å²) in [6.45, 7) is 0. The van der Waals surface area contributed by atoms with Gasteiger partial charge in [0.05, 0.1) is 18.3 Å². The van der Waals surface area contributed by atoms with Crippen molar-refractivity contribution in [1.82, 2.24) is 9.97 Å². The summed E-state index contributed by atoms with van der Waals surface area (Å²) in [7, 11) is 0. The zero-order valence-corrected chi connectivity index (χ0v) is 19.1. The molecular formula is C25H27N3O4S. The van der Waals surface area contributed by atoms with Crippen molar-refractivity contribution in [3.63, 3.8) is 0 Å². The Balaban J connectivity index is 1.40. The number of Topliss-reactive ketones (excluding diaryl/α,β-unsaturated/α-hetero) is 1. The minimum absolute atomic E-state index is 0.174. The maximum absolute atomic E-state index is 13.4. The van der Waals surface area contributed by atoms with Crippen molar-refractivity contribution >= 4 is 35.2 Å². The molecule has 0 unspecified atom stereocenters. The fourth-order valence-electron chi connectivity index (χ4n) is 4.51. The number of hydrogen-bond donors (Lipinski definition) is 2. The molecule has 3 aliphatic carbocycles. The lowest BCUT2D eigenvalue weighted by Gasteiger charge is -2.22. The lowest BCUT2D eigenvalue weighted by atomic mass is 9.86. The Morgan fingerprint density at radius 3 is 2.55 bits per heavy atom. The Bertz CT molecular complexity index is 1080.